The number of thiocarbonyl (C=S) groups is 1. The molecule has 1 aliphatic heterocycles. The Morgan fingerprint density at radius 2 is 1.96 bits per heavy atom. The smallest absolute Gasteiger partial charge is 0.303 e. The van der Waals surface area contributed by atoms with Crippen LogP contribution in [0.1, 0.15) is 38.2 Å². The van der Waals surface area contributed by atoms with Crippen molar-refractivity contribution >= 4 is 52.2 Å². The van der Waals surface area contributed by atoms with E-state index in [1.165, 1.54) is 16.7 Å². The molecular weight excluding hydrogens is 384 g/mol. The van der Waals surface area contributed by atoms with Crippen LogP contribution in [0.2, 0.25) is 0 Å². The van der Waals surface area contributed by atoms with Crippen LogP contribution in [0.15, 0.2) is 35.2 Å². The van der Waals surface area contributed by atoms with E-state index >= 15 is 0 Å². The van der Waals surface area contributed by atoms with Crippen molar-refractivity contribution in [1.29, 1.82) is 0 Å². The number of nitrogens with one attached hydrogen (secondary N) is 1. The molecule has 8 heteroatoms. The zero-order valence-corrected chi connectivity index (χ0v) is 16.6. The van der Waals surface area contributed by atoms with Gasteiger partial charge in [0.25, 0.3) is 5.91 Å². The predicted octanol–water partition coefficient (Wildman–Crippen LogP) is 3.04. The SMILES string of the molecule is CC(C(=O)NCCCCCC(=O)O)N1C(=O)/C(=C/c2ccccc2)SC1=S. The van der Waals surface area contributed by atoms with Gasteiger partial charge in [-0.25, -0.2) is 0 Å². The summed E-state index contributed by atoms with van der Waals surface area (Å²) >= 11 is 6.49. The second-order valence-corrected chi connectivity index (χ2v) is 7.81. The Kier molecular flexibility index (Phi) is 7.99. The van der Waals surface area contributed by atoms with Gasteiger partial charge in [-0.2, -0.15) is 0 Å². The van der Waals surface area contributed by atoms with Gasteiger partial charge in [-0.15, -0.1) is 0 Å². The van der Waals surface area contributed by atoms with Gasteiger partial charge in [-0.1, -0.05) is 60.7 Å². The van der Waals surface area contributed by atoms with Gasteiger partial charge in [-0.3, -0.25) is 19.3 Å². The van der Waals surface area contributed by atoms with Crippen LogP contribution in [0.5, 0.6) is 0 Å². The molecule has 0 aromatic heterocycles. The molecule has 0 spiro atoms. The van der Waals surface area contributed by atoms with E-state index in [-0.39, 0.29) is 18.2 Å². The van der Waals surface area contributed by atoms with Gasteiger partial charge in [0, 0.05) is 13.0 Å². The standard InChI is InChI=1S/C19H22N2O4S2/c1-13(17(24)20-11-7-3-6-10-16(22)23)21-18(25)15(27-19(21)26)12-14-8-4-2-5-9-14/h2,4-5,8-9,12-13H,3,6-7,10-11H2,1H3,(H,20,24)(H,22,23)/b15-12-. The number of nitrogens with zero attached hydrogens (tertiary/aromatic N) is 1. The first-order chi connectivity index (χ1) is 12.9. The molecule has 6 nitrogen and oxygen atoms in total. The number of hydrogen-bond donors (Lipinski definition) is 2. The number of carboxylic acid groups (broad SMARTS) is 1. The molecule has 0 bridgehead atoms. The zero-order valence-electron chi connectivity index (χ0n) is 15.0. The molecule has 0 saturated carbocycles. The number of thioether (sulfide) groups is 1. The van der Waals surface area contributed by atoms with Gasteiger partial charge in [0.1, 0.15) is 10.4 Å². The number of hydrogen-bond acceptors (Lipinski definition) is 5. The van der Waals surface area contributed by atoms with Crippen molar-refractivity contribution < 1.29 is 19.5 Å². The maximum absolute atomic E-state index is 12.7. The quantitative estimate of drug-likeness (QED) is 0.372. The van der Waals surface area contributed by atoms with Crippen LogP contribution in [-0.4, -0.2) is 44.7 Å². The van der Waals surface area contributed by atoms with E-state index in [9.17, 15) is 14.4 Å². The number of carboxylic acids is 1. The van der Waals surface area contributed by atoms with Gasteiger partial charge in [0.15, 0.2) is 0 Å². The Morgan fingerprint density at radius 1 is 1.26 bits per heavy atom. The largest absolute Gasteiger partial charge is 0.481 e. The lowest BCUT2D eigenvalue weighted by molar-refractivity contribution is -0.137. The van der Waals surface area contributed by atoms with Crippen molar-refractivity contribution in [2.75, 3.05) is 6.54 Å². The molecular formula is C19H22N2O4S2. The van der Waals surface area contributed by atoms with E-state index in [0.29, 0.717) is 28.6 Å². The summed E-state index contributed by atoms with van der Waals surface area (Å²) in [6.45, 7) is 2.09. The van der Waals surface area contributed by atoms with Crippen molar-refractivity contribution in [1.82, 2.24) is 10.2 Å². The lowest BCUT2D eigenvalue weighted by Crippen LogP contribution is -2.47. The number of aliphatic carboxylic acids is 1. The zero-order chi connectivity index (χ0) is 19.8. The number of carbonyl (C=O) groups is 3. The highest BCUT2D eigenvalue weighted by atomic mass is 32.2. The summed E-state index contributed by atoms with van der Waals surface area (Å²) in [7, 11) is 0. The lowest BCUT2D eigenvalue weighted by atomic mass is 10.2. The molecule has 144 valence electrons. The monoisotopic (exact) mass is 406 g/mol. The number of carbonyl (C=O) groups excluding carboxylic acids is 2. The molecule has 0 aliphatic carbocycles. The van der Waals surface area contributed by atoms with Crippen LogP contribution >= 0.6 is 24.0 Å². The first kappa shape index (κ1) is 21.1. The molecule has 1 aromatic carbocycles. The second kappa shape index (κ2) is 10.2. The van der Waals surface area contributed by atoms with Crippen LogP contribution in [-0.2, 0) is 14.4 Å². The van der Waals surface area contributed by atoms with E-state index in [1.807, 2.05) is 30.3 Å². The summed E-state index contributed by atoms with van der Waals surface area (Å²) in [5.41, 5.74) is 0.900. The molecule has 1 heterocycles. The molecule has 0 radical (unpaired) electrons. The van der Waals surface area contributed by atoms with Crippen molar-refractivity contribution in [2.45, 2.75) is 38.6 Å². The average Bonchev–Trinajstić information content (AvgIpc) is 2.91. The summed E-state index contributed by atoms with van der Waals surface area (Å²) in [6.07, 6.45) is 3.90. The molecule has 1 unspecified atom stereocenters. The number of amides is 2. The fourth-order valence-electron chi connectivity index (χ4n) is 2.57. The number of unbranched alkanes of at least 4 members (excludes halogenated alkanes) is 2. The van der Waals surface area contributed by atoms with Gasteiger partial charge < -0.3 is 10.4 Å². The minimum Gasteiger partial charge on any atom is -0.481 e. The highest BCUT2D eigenvalue weighted by Gasteiger charge is 2.38. The summed E-state index contributed by atoms with van der Waals surface area (Å²) in [5.74, 6) is -1.35. The second-order valence-electron chi connectivity index (χ2n) is 6.13. The molecule has 2 rings (SSSR count). The summed E-state index contributed by atoms with van der Waals surface area (Å²) in [4.78, 5) is 37.3. The third-order valence-corrected chi connectivity index (χ3v) is 5.38. The van der Waals surface area contributed by atoms with Crippen LogP contribution in [0.25, 0.3) is 6.08 Å². The van der Waals surface area contributed by atoms with Crippen molar-refractivity contribution in [3.8, 4) is 0 Å². The average molecular weight is 407 g/mol. The third kappa shape index (κ3) is 6.18. The molecule has 2 amide bonds. The summed E-state index contributed by atoms with van der Waals surface area (Å²) < 4.78 is 0.367. The highest BCUT2D eigenvalue weighted by Crippen LogP contribution is 2.33. The van der Waals surface area contributed by atoms with E-state index in [2.05, 4.69) is 5.32 Å². The number of benzene rings is 1. The predicted molar refractivity (Wildman–Crippen MR) is 110 cm³/mol. The van der Waals surface area contributed by atoms with Gasteiger partial charge >= 0.3 is 5.97 Å². The maximum atomic E-state index is 12.7. The Bertz CT molecular complexity index is 749. The van der Waals surface area contributed by atoms with Crippen molar-refractivity contribution in [2.24, 2.45) is 0 Å². The topological polar surface area (TPSA) is 86.7 Å². The van der Waals surface area contributed by atoms with Gasteiger partial charge in [-0.05, 0) is 31.4 Å². The van der Waals surface area contributed by atoms with Crippen LogP contribution < -0.4 is 5.32 Å². The van der Waals surface area contributed by atoms with E-state index in [1.54, 1.807) is 13.0 Å². The summed E-state index contributed by atoms with van der Waals surface area (Å²) in [6, 6.07) is 8.77. The number of rotatable bonds is 9. The van der Waals surface area contributed by atoms with E-state index in [4.69, 9.17) is 17.3 Å². The minimum absolute atomic E-state index is 0.134. The molecule has 1 fully saturated rings. The fraction of sp³-hybridized carbons (Fsp3) is 0.368. The van der Waals surface area contributed by atoms with Crippen LogP contribution in [0.4, 0.5) is 0 Å². The molecule has 1 aliphatic rings. The molecule has 2 N–H and O–H groups in total. The molecule has 1 saturated heterocycles. The van der Waals surface area contributed by atoms with Gasteiger partial charge in [0.05, 0.1) is 4.91 Å². The minimum atomic E-state index is -0.814. The lowest BCUT2D eigenvalue weighted by Gasteiger charge is -2.22. The van der Waals surface area contributed by atoms with E-state index in [0.717, 1.165) is 12.0 Å². The summed E-state index contributed by atoms with van der Waals surface area (Å²) in [5, 5.41) is 11.4. The van der Waals surface area contributed by atoms with E-state index < -0.39 is 12.0 Å². The van der Waals surface area contributed by atoms with Crippen LogP contribution in [0.3, 0.4) is 0 Å². The van der Waals surface area contributed by atoms with Crippen molar-refractivity contribution in [3.63, 3.8) is 0 Å². The third-order valence-electron chi connectivity index (χ3n) is 4.05. The van der Waals surface area contributed by atoms with Crippen LogP contribution in [0, 0.1) is 0 Å². The Labute approximate surface area is 168 Å². The normalized spacial score (nSPS) is 16.6. The van der Waals surface area contributed by atoms with Crippen molar-refractivity contribution in [3.05, 3.63) is 40.8 Å². The Balaban J connectivity index is 1.88. The molecule has 27 heavy (non-hydrogen) atoms. The first-order valence-electron chi connectivity index (χ1n) is 8.71. The molecule has 1 atom stereocenters. The highest BCUT2D eigenvalue weighted by molar-refractivity contribution is 8.26. The Morgan fingerprint density at radius 3 is 2.63 bits per heavy atom. The maximum Gasteiger partial charge on any atom is 0.303 e. The Hall–Kier alpha value is -2.19. The first-order valence-corrected chi connectivity index (χ1v) is 9.94. The molecule has 1 aromatic rings. The fourth-order valence-corrected chi connectivity index (χ4v) is 3.99. The van der Waals surface area contributed by atoms with Gasteiger partial charge in [0.2, 0.25) is 5.91 Å².